The van der Waals surface area contributed by atoms with E-state index < -0.39 is 23.8 Å². The van der Waals surface area contributed by atoms with Gasteiger partial charge >= 0.3 is 12.1 Å². The highest BCUT2D eigenvalue weighted by molar-refractivity contribution is 5.91. The van der Waals surface area contributed by atoms with Gasteiger partial charge in [-0.25, -0.2) is 9.59 Å². The topological polar surface area (TPSA) is 65.0 Å². The Bertz CT molecular complexity index is 503. The average molecular weight is 291 g/mol. The van der Waals surface area contributed by atoms with Gasteiger partial charge in [0.15, 0.2) is 0 Å². The zero-order valence-corrected chi connectivity index (χ0v) is 12.8. The van der Waals surface area contributed by atoms with Crippen molar-refractivity contribution in [2.75, 3.05) is 0 Å². The molecule has 1 aromatic rings. The zero-order chi connectivity index (χ0) is 15.9. The van der Waals surface area contributed by atoms with Crippen LogP contribution in [0.25, 0.3) is 0 Å². The highest BCUT2D eigenvalue weighted by atomic mass is 16.6. The van der Waals surface area contributed by atoms with Gasteiger partial charge in [0.25, 0.3) is 0 Å². The molecule has 1 unspecified atom stereocenters. The molecule has 1 atom stereocenters. The Labute approximate surface area is 125 Å². The minimum atomic E-state index is -0.697. The maximum Gasteiger partial charge on any atom is 0.433 e. The van der Waals surface area contributed by atoms with E-state index in [-0.39, 0.29) is 0 Å². The molecule has 0 aromatic heterocycles. The number of amides is 1. The average Bonchev–Trinajstić information content (AvgIpc) is 2.42. The molecule has 0 aliphatic carbocycles. The number of carbonyl (C=O) groups is 2. The van der Waals surface area contributed by atoms with Crippen LogP contribution < -0.4 is 0 Å². The molecule has 0 bridgehead atoms. The quantitative estimate of drug-likeness (QED) is 0.627. The molecule has 0 heterocycles. The lowest BCUT2D eigenvalue weighted by Crippen LogP contribution is -2.23. The summed E-state index contributed by atoms with van der Waals surface area (Å²) >= 11 is 0. The molecule has 0 radical (unpaired) electrons. The molecule has 1 rings (SSSR count). The summed E-state index contributed by atoms with van der Waals surface area (Å²) in [4.78, 5) is 27.0. The van der Waals surface area contributed by atoms with Crippen LogP contribution in [0.5, 0.6) is 0 Å². The molecule has 5 nitrogen and oxygen atoms in total. The van der Waals surface area contributed by atoms with E-state index in [4.69, 9.17) is 9.47 Å². The van der Waals surface area contributed by atoms with Gasteiger partial charge in [-0.05, 0) is 39.3 Å². The fourth-order valence-corrected chi connectivity index (χ4v) is 1.43. The van der Waals surface area contributed by atoms with Crippen LogP contribution in [0, 0.1) is 0 Å². The van der Waals surface area contributed by atoms with Crippen LogP contribution in [0.1, 0.15) is 44.5 Å². The summed E-state index contributed by atoms with van der Waals surface area (Å²) in [6.45, 7) is 7.11. The van der Waals surface area contributed by atoms with Crippen LogP contribution in [0.4, 0.5) is 4.79 Å². The summed E-state index contributed by atoms with van der Waals surface area (Å²) in [6.07, 6.45) is 0.557. The van der Waals surface area contributed by atoms with Crippen molar-refractivity contribution in [3.63, 3.8) is 0 Å². The Morgan fingerprint density at radius 1 is 1.24 bits per heavy atom. The van der Waals surface area contributed by atoms with E-state index >= 15 is 0 Å². The highest BCUT2D eigenvalue weighted by Gasteiger charge is 2.16. The molecule has 0 spiro atoms. The molecular weight excluding hydrogens is 270 g/mol. The van der Waals surface area contributed by atoms with Crippen molar-refractivity contribution in [2.45, 2.75) is 45.8 Å². The Morgan fingerprint density at radius 3 is 2.38 bits per heavy atom. The molecule has 1 aromatic carbocycles. The van der Waals surface area contributed by atoms with Crippen LogP contribution in [-0.2, 0) is 9.47 Å². The van der Waals surface area contributed by atoms with Crippen molar-refractivity contribution >= 4 is 18.3 Å². The van der Waals surface area contributed by atoms with Gasteiger partial charge in [0.2, 0.25) is 0 Å². The molecule has 114 valence electrons. The second kappa shape index (κ2) is 7.57. The van der Waals surface area contributed by atoms with Crippen LogP contribution in [0.3, 0.4) is 0 Å². The number of aliphatic imine (C=N–C) groups is 1. The van der Waals surface area contributed by atoms with E-state index in [2.05, 4.69) is 4.99 Å². The number of nitrogens with zero attached hydrogens (tertiary/aromatic N) is 1. The van der Waals surface area contributed by atoms with Gasteiger partial charge in [-0.2, -0.15) is 4.99 Å². The van der Waals surface area contributed by atoms with Gasteiger partial charge in [0.1, 0.15) is 11.7 Å². The molecule has 0 saturated carbocycles. The van der Waals surface area contributed by atoms with Gasteiger partial charge in [-0.15, -0.1) is 0 Å². The maximum absolute atomic E-state index is 11.9. The number of ether oxygens (including phenoxy) is 2. The Kier molecular flexibility index (Phi) is 6.09. The Morgan fingerprint density at radius 2 is 1.86 bits per heavy atom. The summed E-state index contributed by atoms with van der Waals surface area (Å²) in [7, 11) is 0. The molecule has 0 fully saturated rings. The lowest BCUT2D eigenvalue weighted by Gasteiger charge is -2.17. The van der Waals surface area contributed by atoms with Crippen LogP contribution in [0.15, 0.2) is 35.3 Å². The zero-order valence-electron chi connectivity index (χ0n) is 12.8. The summed E-state index contributed by atoms with van der Waals surface area (Å²) in [6, 6.07) is 8.66. The van der Waals surface area contributed by atoms with E-state index in [1.54, 1.807) is 45.0 Å². The van der Waals surface area contributed by atoms with Gasteiger partial charge < -0.3 is 9.47 Å². The van der Waals surface area contributed by atoms with E-state index in [1.807, 2.05) is 13.0 Å². The first kappa shape index (κ1) is 16.9. The third-order valence-electron chi connectivity index (χ3n) is 2.41. The summed E-state index contributed by atoms with van der Waals surface area (Å²) in [5.74, 6) is -0.446. The standard InChI is InChI=1S/C16H21NO4/c1-5-13(11-17-15(19)21-16(2,3)4)20-14(18)12-9-7-6-8-10-12/h6-11,13H,5H2,1-4H3. The molecule has 0 saturated heterocycles. The summed E-state index contributed by atoms with van der Waals surface area (Å²) in [5.41, 5.74) is -0.141. The van der Waals surface area contributed by atoms with Crippen LogP contribution in [-0.4, -0.2) is 30.0 Å². The fraction of sp³-hybridized carbons (Fsp3) is 0.438. The summed E-state index contributed by atoms with van der Waals surface area (Å²) in [5, 5.41) is 0. The third kappa shape index (κ3) is 6.70. The van der Waals surface area contributed by atoms with E-state index in [0.717, 1.165) is 0 Å². The summed E-state index contributed by atoms with van der Waals surface area (Å²) < 4.78 is 10.3. The maximum atomic E-state index is 11.9. The third-order valence-corrected chi connectivity index (χ3v) is 2.41. The first-order valence-corrected chi connectivity index (χ1v) is 6.85. The van der Waals surface area contributed by atoms with E-state index in [0.29, 0.717) is 12.0 Å². The Hall–Kier alpha value is -2.17. The normalized spacial score (nSPS) is 13.0. The lowest BCUT2D eigenvalue weighted by atomic mass is 10.2. The molecule has 0 N–H and O–H groups in total. The number of carbonyl (C=O) groups excluding carboxylic acids is 2. The molecule has 21 heavy (non-hydrogen) atoms. The predicted molar refractivity (Wildman–Crippen MR) is 80.7 cm³/mol. The molecular formula is C16H21NO4. The number of benzene rings is 1. The molecule has 0 aliphatic rings. The van der Waals surface area contributed by atoms with Crippen molar-refractivity contribution < 1.29 is 19.1 Å². The van der Waals surface area contributed by atoms with Crippen molar-refractivity contribution in [3.05, 3.63) is 35.9 Å². The highest BCUT2D eigenvalue weighted by Crippen LogP contribution is 2.09. The van der Waals surface area contributed by atoms with Crippen molar-refractivity contribution in [1.29, 1.82) is 0 Å². The van der Waals surface area contributed by atoms with Crippen molar-refractivity contribution in [2.24, 2.45) is 4.99 Å². The monoisotopic (exact) mass is 291 g/mol. The second-order valence-electron chi connectivity index (χ2n) is 5.48. The largest absolute Gasteiger partial charge is 0.453 e. The first-order valence-electron chi connectivity index (χ1n) is 6.85. The molecule has 1 amide bonds. The van der Waals surface area contributed by atoms with E-state index in [9.17, 15) is 9.59 Å². The van der Waals surface area contributed by atoms with Gasteiger partial charge in [0.05, 0.1) is 11.8 Å². The fourth-order valence-electron chi connectivity index (χ4n) is 1.43. The second-order valence-corrected chi connectivity index (χ2v) is 5.48. The first-order chi connectivity index (χ1) is 9.81. The smallest absolute Gasteiger partial charge is 0.433 e. The lowest BCUT2D eigenvalue weighted by molar-refractivity contribution is 0.0420. The number of rotatable bonds is 4. The Balaban J connectivity index is 2.59. The van der Waals surface area contributed by atoms with Crippen LogP contribution in [0.2, 0.25) is 0 Å². The van der Waals surface area contributed by atoms with E-state index in [1.165, 1.54) is 6.21 Å². The minimum Gasteiger partial charge on any atom is -0.453 e. The number of hydrogen-bond acceptors (Lipinski definition) is 4. The molecule has 5 heteroatoms. The predicted octanol–water partition coefficient (Wildman–Crippen LogP) is 3.63. The van der Waals surface area contributed by atoms with Gasteiger partial charge in [-0.1, -0.05) is 25.1 Å². The SMILES string of the molecule is CCC(C=NC(=O)OC(C)(C)C)OC(=O)c1ccccc1. The van der Waals surface area contributed by atoms with Crippen molar-refractivity contribution in [1.82, 2.24) is 0 Å². The minimum absolute atomic E-state index is 0.446. The molecule has 0 aliphatic heterocycles. The number of hydrogen-bond donors (Lipinski definition) is 0. The van der Waals surface area contributed by atoms with Gasteiger partial charge in [-0.3, -0.25) is 0 Å². The number of esters is 1. The van der Waals surface area contributed by atoms with Gasteiger partial charge in [0, 0.05) is 0 Å². The van der Waals surface area contributed by atoms with Crippen molar-refractivity contribution in [3.8, 4) is 0 Å². The van der Waals surface area contributed by atoms with Crippen LogP contribution >= 0.6 is 0 Å².